The first kappa shape index (κ1) is 28.2. The van der Waals surface area contributed by atoms with Gasteiger partial charge >= 0.3 is 0 Å². The lowest BCUT2D eigenvalue weighted by Gasteiger charge is -2.32. The average molecular weight is 562 g/mol. The minimum atomic E-state index is -0.735. The van der Waals surface area contributed by atoms with Gasteiger partial charge in [-0.25, -0.2) is 0 Å². The van der Waals surface area contributed by atoms with Crippen molar-refractivity contribution in [2.75, 3.05) is 7.11 Å². The largest absolute Gasteiger partial charge is 0.497 e. The number of ether oxygens (including phenoxy) is 1. The predicted molar refractivity (Wildman–Crippen MR) is 156 cm³/mol. The Kier molecular flexibility index (Phi) is 10.0. The van der Waals surface area contributed by atoms with Gasteiger partial charge in [0.15, 0.2) is 0 Å². The molecule has 4 aromatic rings. The SMILES string of the molecule is COc1ccc(CN(C(=O)Cc2ccc(Cl)cc2)C(Cc2ccccc2)C(=O)NCc2ccc(Cl)cc2)cc1. The number of benzene rings is 4. The van der Waals surface area contributed by atoms with Crippen LogP contribution in [0, 0.1) is 0 Å². The lowest BCUT2D eigenvalue weighted by molar-refractivity contribution is -0.140. The summed E-state index contributed by atoms with van der Waals surface area (Å²) in [6, 6.07) is 31.0. The van der Waals surface area contributed by atoms with Gasteiger partial charge in [-0.3, -0.25) is 9.59 Å². The van der Waals surface area contributed by atoms with Crippen LogP contribution in [0.2, 0.25) is 10.0 Å². The first-order valence-electron chi connectivity index (χ1n) is 12.6. The van der Waals surface area contributed by atoms with Gasteiger partial charge in [0.25, 0.3) is 0 Å². The number of halogens is 2. The van der Waals surface area contributed by atoms with E-state index in [4.69, 9.17) is 27.9 Å². The molecule has 5 nitrogen and oxygen atoms in total. The van der Waals surface area contributed by atoms with Gasteiger partial charge in [-0.15, -0.1) is 0 Å². The van der Waals surface area contributed by atoms with Crippen molar-refractivity contribution in [2.24, 2.45) is 0 Å². The molecule has 1 N–H and O–H groups in total. The van der Waals surface area contributed by atoms with Crippen LogP contribution in [0.25, 0.3) is 0 Å². The van der Waals surface area contributed by atoms with Gasteiger partial charge in [0.2, 0.25) is 11.8 Å². The molecule has 4 rings (SSSR count). The molecule has 0 radical (unpaired) electrons. The van der Waals surface area contributed by atoms with Crippen LogP contribution in [0.4, 0.5) is 0 Å². The summed E-state index contributed by atoms with van der Waals surface area (Å²) in [5.74, 6) is 0.335. The van der Waals surface area contributed by atoms with E-state index in [1.54, 1.807) is 36.3 Å². The summed E-state index contributed by atoms with van der Waals surface area (Å²) in [7, 11) is 1.61. The summed E-state index contributed by atoms with van der Waals surface area (Å²) in [4.78, 5) is 29.3. The zero-order valence-electron chi connectivity index (χ0n) is 21.6. The molecule has 200 valence electrons. The second kappa shape index (κ2) is 13.8. The molecule has 1 unspecified atom stereocenters. The third kappa shape index (κ3) is 8.34. The van der Waals surface area contributed by atoms with Gasteiger partial charge in [-0.1, -0.05) is 89.9 Å². The monoisotopic (exact) mass is 560 g/mol. The van der Waals surface area contributed by atoms with Crippen LogP contribution >= 0.6 is 23.2 Å². The second-order valence-corrected chi connectivity index (χ2v) is 10.1. The Morgan fingerprint density at radius 2 is 1.31 bits per heavy atom. The number of carbonyl (C=O) groups is 2. The van der Waals surface area contributed by atoms with Crippen LogP contribution in [0.1, 0.15) is 22.3 Å². The molecule has 0 aliphatic carbocycles. The van der Waals surface area contributed by atoms with Gasteiger partial charge in [-0.05, 0) is 58.7 Å². The molecule has 4 aromatic carbocycles. The van der Waals surface area contributed by atoms with Crippen LogP contribution in [0.15, 0.2) is 103 Å². The number of hydrogen-bond donors (Lipinski definition) is 1. The minimum Gasteiger partial charge on any atom is -0.497 e. The highest BCUT2D eigenvalue weighted by atomic mass is 35.5. The number of rotatable bonds is 11. The first-order chi connectivity index (χ1) is 18.9. The Hall–Kier alpha value is -3.80. The summed E-state index contributed by atoms with van der Waals surface area (Å²) in [6.45, 7) is 0.589. The van der Waals surface area contributed by atoms with Gasteiger partial charge in [0.1, 0.15) is 11.8 Å². The summed E-state index contributed by atoms with van der Waals surface area (Å²) < 4.78 is 5.29. The minimum absolute atomic E-state index is 0.142. The third-order valence-electron chi connectivity index (χ3n) is 6.43. The zero-order valence-corrected chi connectivity index (χ0v) is 23.2. The van der Waals surface area contributed by atoms with E-state index in [-0.39, 0.29) is 24.8 Å². The quantitative estimate of drug-likeness (QED) is 0.228. The van der Waals surface area contributed by atoms with E-state index in [1.807, 2.05) is 78.9 Å². The summed E-state index contributed by atoms with van der Waals surface area (Å²) in [6.07, 6.45) is 0.513. The Bertz CT molecular complexity index is 1360. The molecular formula is C32H30Cl2N2O3. The molecule has 0 aliphatic rings. The van der Waals surface area contributed by atoms with Gasteiger partial charge in [0, 0.05) is 29.6 Å². The van der Waals surface area contributed by atoms with Crippen molar-refractivity contribution in [2.45, 2.75) is 32.0 Å². The molecule has 0 saturated heterocycles. The van der Waals surface area contributed by atoms with Crippen molar-refractivity contribution in [3.8, 4) is 5.75 Å². The predicted octanol–water partition coefficient (Wildman–Crippen LogP) is 6.50. The van der Waals surface area contributed by atoms with E-state index in [0.717, 1.165) is 28.0 Å². The average Bonchev–Trinajstić information content (AvgIpc) is 2.96. The van der Waals surface area contributed by atoms with Crippen molar-refractivity contribution in [1.82, 2.24) is 10.2 Å². The Balaban J connectivity index is 1.64. The van der Waals surface area contributed by atoms with Crippen molar-refractivity contribution in [1.29, 1.82) is 0 Å². The van der Waals surface area contributed by atoms with Crippen molar-refractivity contribution >= 4 is 35.0 Å². The second-order valence-electron chi connectivity index (χ2n) is 9.22. The van der Waals surface area contributed by atoms with Crippen molar-refractivity contribution in [3.05, 3.63) is 135 Å². The molecule has 0 aliphatic heterocycles. The smallest absolute Gasteiger partial charge is 0.243 e. The van der Waals surface area contributed by atoms with Crippen LogP contribution in [0.3, 0.4) is 0 Å². The van der Waals surface area contributed by atoms with E-state index in [2.05, 4.69) is 5.32 Å². The van der Waals surface area contributed by atoms with E-state index in [0.29, 0.717) is 23.0 Å². The van der Waals surface area contributed by atoms with E-state index >= 15 is 0 Å². The number of hydrogen-bond acceptors (Lipinski definition) is 3. The highest BCUT2D eigenvalue weighted by molar-refractivity contribution is 6.30. The Morgan fingerprint density at radius 1 is 0.744 bits per heavy atom. The molecule has 0 bridgehead atoms. The maximum atomic E-state index is 13.8. The molecule has 0 fully saturated rings. The maximum Gasteiger partial charge on any atom is 0.243 e. The molecule has 1 atom stereocenters. The third-order valence-corrected chi connectivity index (χ3v) is 6.94. The highest BCUT2D eigenvalue weighted by Crippen LogP contribution is 2.20. The topological polar surface area (TPSA) is 58.6 Å². The summed E-state index contributed by atoms with van der Waals surface area (Å²) >= 11 is 12.1. The molecule has 0 spiro atoms. The van der Waals surface area contributed by atoms with Crippen LogP contribution in [-0.4, -0.2) is 29.9 Å². The fourth-order valence-corrected chi connectivity index (χ4v) is 4.52. The number of nitrogens with zero attached hydrogens (tertiary/aromatic N) is 1. The fraction of sp³-hybridized carbons (Fsp3) is 0.188. The molecule has 0 aromatic heterocycles. The normalized spacial score (nSPS) is 11.5. The van der Waals surface area contributed by atoms with Gasteiger partial charge < -0.3 is 15.0 Å². The van der Waals surface area contributed by atoms with Crippen LogP contribution in [0.5, 0.6) is 5.75 Å². The number of carbonyl (C=O) groups excluding carboxylic acids is 2. The standard InChI is InChI=1S/C32H30Cl2N2O3/c1-39-29-17-11-26(12-18-29)22-36(31(37)20-24-7-13-27(33)14-8-24)30(19-23-5-3-2-4-6-23)32(38)35-21-25-9-15-28(34)16-10-25/h2-18,30H,19-22H2,1H3,(H,35,38). The summed E-state index contributed by atoms with van der Waals surface area (Å²) in [5, 5.41) is 4.27. The molecule has 2 amide bonds. The number of nitrogens with one attached hydrogen (secondary N) is 1. The summed E-state index contributed by atoms with van der Waals surface area (Å²) in [5.41, 5.74) is 3.59. The fourth-order valence-electron chi connectivity index (χ4n) is 4.27. The highest BCUT2D eigenvalue weighted by Gasteiger charge is 2.30. The van der Waals surface area contributed by atoms with Gasteiger partial charge in [0.05, 0.1) is 13.5 Å². The van der Waals surface area contributed by atoms with Gasteiger partial charge in [-0.2, -0.15) is 0 Å². The van der Waals surface area contributed by atoms with Crippen molar-refractivity contribution in [3.63, 3.8) is 0 Å². The molecule has 0 heterocycles. The maximum absolute atomic E-state index is 13.8. The molecular weight excluding hydrogens is 531 g/mol. The molecule has 0 saturated carbocycles. The molecule has 7 heteroatoms. The van der Waals surface area contributed by atoms with E-state index in [9.17, 15) is 9.59 Å². The first-order valence-corrected chi connectivity index (χ1v) is 13.4. The lowest BCUT2D eigenvalue weighted by Crippen LogP contribution is -2.50. The zero-order chi connectivity index (χ0) is 27.6. The Labute approximate surface area is 239 Å². The lowest BCUT2D eigenvalue weighted by atomic mass is 10.0. The van der Waals surface area contributed by atoms with Crippen LogP contribution in [-0.2, 0) is 35.5 Å². The molecule has 39 heavy (non-hydrogen) atoms. The number of amides is 2. The van der Waals surface area contributed by atoms with E-state index in [1.165, 1.54) is 0 Å². The number of methoxy groups -OCH3 is 1. The van der Waals surface area contributed by atoms with E-state index < -0.39 is 6.04 Å². The van der Waals surface area contributed by atoms with Crippen LogP contribution < -0.4 is 10.1 Å². The Morgan fingerprint density at radius 3 is 1.90 bits per heavy atom. The van der Waals surface area contributed by atoms with Crippen molar-refractivity contribution < 1.29 is 14.3 Å².